The van der Waals surface area contributed by atoms with Gasteiger partial charge in [-0.2, -0.15) is 0 Å². The van der Waals surface area contributed by atoms with Crippen LogP contribution in [0, 0.1) is 0 Å². The number of hydrogen-bond acceptors (Lipinski definition) is 0. The summed E-state index contributed by atoms with van der Waals surface area (Å²) in [5.74, 6) is 0.350. The molecule has 1 spiro atoms. The van der Waals surface area contributed by atoms with Crippen LogP contribution in [0.5, 0.6) is 0 Å². The second-order valence-corrected chi connectivity index (χ2v) is 9.26. The van der Waals surface area contributed by atoms with Gasteiger partial charge in [-0.3, -0.25) is 0 Å². The topological polar surface area (TPSA) is 0 Å². The highest BCUT2D eigenvalue weighted by Crippen LogP contribution is 2.66. The predicted molar refractivity (Wildman–Crippen MR) is 124 cm³/mol. The van der Waals surface area contributed by atoms with Gasteiger partial charge in [0.1, 0.15) is 0 Å². The molecule has 5 aliphatic carbocycles. The number of rotatable bonds is 0. The minimum Gasteiger partial charge on any atom is -0.0678 e. The van der Waals surface area contributed by atoms with Gasteiger partial charge in [-0.05, 0) is 71.3 Å². The minimum atomic E-state index is -0.174. The summed E-state index contributed by atoms with van der Waals surface area (Å²) >= 11 is 0. The summed E-state index contributed by atoms with van der Waals surface area (Å²) < 4.78 is 0. The Bertz CT molecular complexity index is 1740. The molecule has 136 valence electrons. The van der Waals surface area contributed by atoms with Gasteiger partial charge in [0.05, 0.1) is 5.41 Å². The molecule has 0 amide bonds. The Morgan fingerprint density at radius 1 is 0.567 bits per heavy atom. The summed E-state index contributed by atoms with van der Waals surface area (Å²) in [7, 11) is 0. The van der Waals surface area contributed by atoms with E-state index in [1.165, 1.54) is 65.7 Å². The third-order valence-electron chi connectivity index (χ3n) is 8.22. The van der Waals surface area contributed by atoms with Gasteiger partial charge in [-0.1, -0.05) is 91.0 Å². The second-order valence-electron chi connectivity index (χ2n) is 9.26. The SMILES string of the molecule is C1=Cc2ccc3ccc4ccc5ccc6c7c5c4c3c2[C@@]72C1=C[C@@H]6c1ccccc12. The first kappa shape index (κ1) is 14.4. The van der Waals surface area contributed by atoms with Gasteiger partial charge in [0, 0.05) is 5.92 Å². The quantitative estimate of drug-likeness (QED) is 0.251. The normalized spacial score (nSPS) is 23.2. The molecule has 0 heteroatoms. The van der Waals surface area contributed by atoms with Gasteiger partial charge in [0.15, 0.2) is 0 Å². The van der Waals surface area contributed by atoms with Crippen molar-refractivity contribution >= 4 is 38.4 Å². The van der Waals surface area contributed by atoms with Crippen LogP contribution in [0.2, 0.25) is 0 Å². The zero-order valence-corrected chi connectivity index (χ0v) is 16.2. The fourth-order valence-corrected chi connectivity index (χ4v) is 7.25. The molecule has 0 nitrogen and oxygen atoms in total. The second kappa shape index (κ2) is 4.27. The van der Waals surface area contributed by atoms with Crippen LogP contribution in [0.15, 0.2) is 90.5 Å². The zero-order valence-electron chi connectivity index (χ0n) is 16.2. The molecule has 5 aromatic carbocycles. The summed E-state index contributed by atoms with van der Waals surface area (Å²) in [6.07, 6.45) is 7.29. The molecule has 0 heterocycles. The summed E-state index contributed by atoms with van der Waals surface area (Å²) in [4.78, 5) is 0. The average Bonchev–Trinajstić information content (AvgIpc) is 2.82. The first-order chi connectivity index (χ1) is 14.9. The molecule has 0 unspecified atom stereocenters. The number of benzene rings is 5. The molecule has 0 N–H and O–H groups in total. The molecule has 5 aliphatic rings. The first-order valence-electron chi connectivity index (χ1n) is 10.8. The Morgan fingerprint density at radius 3 is 2.13 bits per heavy atom. The molecule has 0 saturated carbocycles. The van der Waals surface area contributed by atoms with Crippen molar-refractivity contribution in [2.75, 3.05) is 0 Å². The van der Waals surface area contributed by atoms with Crippen molar-refractivity contribution in [3.8, 4) is 0 Å². The van der Waals surface area contributed by atoms with Crippen LogP contribution in [-0.2, 0) is 5.41 Å². The van der Waals surface area contributed by atoms with E-state index in [0.717, 1.165) is 0 Å². The van der Waals surface area contributed by atoms with Gasteiger partial charge < -0.3 is 0 Å². The van der Waals surface area contributed by atoms with Crippen molar-refractivity contribution in [1.82, 2.24) is 0 Å². The lowest BCUT2D eigenvalue weighted by molar-refractivity contribution is 0.653. The van der Waals surface area contributed by atoms with Crippen LogP contribution >= 0.6 is 0 Å². The fraction of sp³-hybridized carbons (Fsp3) is 0.0667. The number of allylic oxidation sites excluding steroid dienone is 3. The van der Waals surface area contributed by atoms with Gasteiger partial charge in [0.25, 0.3) is 0 Å². The van der Waals surface area contributed by atoms with Crippen molar-refractivity contribution in [3.05, 3.63) is 124 Å². The van der Waals surface area contributed by atoms with E-state index in [2.05, 4.69) is 91.0 Å². The summed E-state index contributed by atoms with van der Waals surface area (Å²) in [6.45, 7) is 0. The van der Waals surface area contributed by atoms with Crippen LogP contribution in [0.4, 0.5) is 0 Å². The van der Waals surface area contributed by atoms with E-state index in [1.54, 1.807) is 5.56 Å². The van der Waals surface area contributed by atoms with Crippen LogP contribution < -0.4 is 0 Å². The molecule has 5 aromatic rings. The molecular formula is C30H16. The van der Waals surface area contributed by atoms with Crippen LogP contribution in [0.3, 0.4) is 0 Å². The third-order valence-corrected chi connectivity index (χ3v) is 8.22. The molecular weight excluding hydrogens is 360 g/mol. The molecule has 10 rings (SSSR count). The third kappa shape index (κ3) is 1.22. The maximum Gasteiger partial charge on any atom is 0.0723 e. The van der Waals surface area contributed by atoms with E-state index in [-0.39, 0.29) is 5.41 Å². The van der Waals surface area contributed by atoms with Crippen LogP contribution in [-0.4, -0.2) is 0 Å². The highest BCUT2D eigenvalue weighted by molar-refractivity contribution is 6.26. The van der Waals surface area contributed by atoms with E-state index in [4.69, 9.17) is 0 Å². The Labute approximate surface area is 173 Å². The highest BCUT2D eigenvalue weighted by Gasteiger charge is 2.54. The molecule has 0 radical (unpaired) electrons. The van der Waals surface area contributed by atoms with E-state index < -0.39 is 0 Å². The molecule has 2 atom stereocenters. The van der Waals surface area contributed by atoms with Gasteiger partial charge in [-0.25, -0.2) is 0 Å². The maximum absolute atomic E-state index is 2.54. The van der Waals surface area contributed by atoms with Crippen molar-refractivity contribution < 1.29 is 0 Å². The van der Waals surface area contributed by atoms with Crippen molar-refractivity contribution in [1.29, 1.82) is 0 Å². The molecule has 0 aliphatic heterocycles. The Kier molecular flexibility index (Phi) is 2.04. The Morgan fingerprint density at radius 2 is 1.27 bits per heavy atom. The fourth-order valence-electron chi connectivity index (χ4n) is 7.25. The van der Waals surface area contributed by atoms with Gasteiger partial charge >= 0.3 is 0 Å². The average molecular weight is 376 g/mol. The van der Waals surface area contributed by atoms with E-state index in [1.807, 2.05) is 0 Å². The molecule has 0 aromatic heterocycles. The van der Waals surface area contributed by atoms with E-state index in [9.17, 15) is 0 Å². The largest absolute Gasteiger partial charge is 0.0723 e. The summed E-state index contributed by atoms with van der Waals surface area (Å²) in [5.41, 5.74) is 10.2. The minimum absolute atomic E-state index is 0.174. The van der Waals surface area contributed by atoms with Gasteiger partial charge in [0.2, 0.25) is 0 Å². The first-order valence-corrected chi connectivity index (χ1v) is 10.8. The van der Waals surface area contributed by atoms with E-state index >= 15 is 0 Å². The monoisotopic (exact) mass is 376 g/mol. The molecule has 0 saturated heterocycles. The van der Waals surface area contributed by atoms with Crippen molar-refractivity contribution in [3.63, 3.8) is 0 Å². The number of hydrogen-bond donors (Lipinski definition) is 0. The summed E-state index contributed by atoms with van der Waals surface area (Å²) in [5, 5.41) is 8.51. The molecule has 0 fully saturated rings. The predicted octanol–water partition coefficient (Wildman–Crippen LogP) is 7.21. The lowest BCUT2D eigenvalue weighted by Crippen LogP contribution is -2.43. The van der Waals surface area contributed by atoms with Crippen molar-refractivity contribution in [2.45, 2.75) is 11.3 Å². The standard InChI is InChI=1S/C30H16/c1-2-4-24-21(3-1)23-15-20-13-11-19-10-9-17-7-5-16-6-8-18-12-14-22(23)29-27(18)25(16)26(17)28(19)30(20,24)29/h1-15,23H/t23-,30+/m1/s1. The molecule has 2 bridgehead atoms. The van der Waals surface area contributed by atoms with Crippen LogP contribution in [0.25, 0.3) is 38.4 Å². The smallest absolute Gasteiger partial charge is 0.0678 e. The Hall–Kier alpha value is -3.64. The zero-order chi connectivity index (χ0) is 19.2. The Balaban J connectivity index is 1.73. The molecule has 30 heavy (non-hydrogen) atoms. The highest BCUT2D eigenvalue weighted by atomic mass is 14.6. The van der Waals surface area contributed by atoms with Crippen molar-refractivity contribution in [2.24, 2.45) is 0 Å². The van der Waals surface area contributed by atoms with E-state index in [0.29, 0.717) is 5.92 Å². The maximum atomic E-state index is 2.54. The lowest BCUT2D eigenvalue weighted by Gasteiger charge is -2.53. The van der Waals surface area contributed by atoms with Gasteiger partial charge in [-0.15, -0.1) is 0 Å². The summed E-state index contributed by atoms with van der Waals surface area (Å²) in [6, 6.07) is 27.9. The van der Waals surface area contributed by atoms with Crippen LogP contribution in [0.1, 0.15) is 39.3 Å². The lowest BCUT2D eigenvalue weighted by atomic mass is 9.48.